The van der Waals surface area contributed by atoms with Crippen molar-refractivity contribution < 1.29 is 17.2 Å². The number of benzene rings is 1. The van der Waals surface area contributed by atoms with Crippen LogP contribution in [0.4, 0.5) is 20.2 Å². The van der Waals surface area contributed by atoms with Crippen molar-refractivity contribution in [3.8, 4) is 0 Å². The molecule has 0 aliphatic heterocycles. The van der Waals surface area contributed by atoms with Gasteiger partial charge in [0.25, 0.3) is 10.0 Å². The van der Waals surface area contributed by atoms with Crippen LogP contribution in [-0.2, 0) is 10.0 Å². The minimum absolute atomic E-state index is 0.0353. The summed E-state index contributed by atoms with van der Waals surface area (Å²) >= 11 is 1.04. The van der Waals surface area contributed by atoms with Gasteiger partial charge in [-0.2, -0.15) is 0 Å². The molecule has 3 N–H and O–H groups in total. The lowest BCUT2D eigenvalue weighted by atomic mass is 10.2. The first-order chi connectivity index (χ1) is 8.79. The number of hydrogen-bond acceptors (Lipinski definition) is 4. The Morgan fingerprint density at radius 1 is 1.26 bits per heavy atom. The molecule has 0 aliphatic rings. The molecule has 0 fully saturated rings. The number of anilines is 2. The SMILES string of the molecule is Cc1ccc(S(=O)(=O)Nc2c(N)cc(F)cc2F)s1. The molecular weight excluding hydrogens is 294 g/mol. The Balaban J connectivity index is 2.41. The van der Waals surface area contributed by atoms with Gasteiger partial charge in [-0.15, -0.1) is 11.3 Å². The largest absolute Gasteiger partial charge is 0.397 e. The van der Waals surface area contributed by atoms with Crippen LogP contribution in [-0.4, -0.2) is 8.42 Å². The zero-order valence-corrected chi connectivity index (χ0v) is 11.4. The molecular formula is C11H10F2N2O2S2. The molecule has 0 bridgehead atoms. The molecule has 2 aromatic rings. The second-order valence-corrected chi connectivity index (χ2v) is 7.02. The van der Waals surface area contributed by atoms with E-state index in [-0.39, 0.29) is 9.90 Å². The monoisotopic (exact) mass is 304 g/mol. The van der Waals surface area contributed by atoms with Crippen LogP contribution in [0.3, 0.4) is 0 Å². The van der Waals surface area contributed by atoms with E-state index in [1.54, 1.807) is 13.0 Å². The Morgan fingerprint density at radius 2 is 1.95 bits per heavy atom. The Morgan fingerprint density at radius 3 is 2.47 bits per heavy atom. The first-order valence-electron chi connectivity index (χ1n) is 5.13. The van der Waals surface area contributed by atoms with Crippen molar-refractivity contribution in [1.29, 1.82) is 0 Å². The van der Waals surface area contributed by atoms with Crippen molar-refractivity contribution in [2.45, 2.75) is 11.1 Å². The van der Waals surface area contributed by atoms with E-state index in [2.05, 4.69) is 0 Å². The molecule has 0 spiro atoms. The number of hydrogen-bond donors (Lipinski definition) is 2. The van der Waals surface area contributed by atoms with Gasteiger partial charge in [-0.1, -0.05) is 0 Å². The predicted octanol–water partition coefficient (Wildman–Crippen LogP) is 2.72. The van der Waals surface area contributed by atoms with Gasteiger partial charge in [0.15, 0.2) is 5.82 Å². The minimum Gasteiger partial charge on any atom is -0.397 e. The van der Waals surface area contributed by atoms with Gasteiger partial charge in [0.05, 0.1) is 5.69 Å². The quantitative estimate of drug-likeness (QED) is 0.856. The van der Waals surface area contributed by atoms with Crippen molar-refractivity contribution >= 4 is 32.7 Å². The fourth-order valence-electron chi connectivity index (χ4n) is 1.44. The highest BCUT2D eigenvalue weighted by Gasteiger charge is 2.20. The molecule has 1 aromatic carbocycles. The molecule has 0 atom stereocenters. The van der Waals surface area contributed by atoms with Crippen LogP contribution in [0.15, 0.2) is 28.5 Å². The lowest BCUT2D eigenvalue weighted by Crippen LogP contribution is -2.14. The van der Waals surface area contributed by atoms with E-state index in [1.165, 1.54) is 6.07 Å². The topological polar surface area (TPSA) is 72.2 Å². The molecule has 19 heavy (non-hydrogen) atoms. The maximum Gasteiger partial charge on any atom is 0.271 e. The van der Waals surface area contributed by atoms with E-state index < -0.39 is 27.3 Å². The van der Waals surface area contributed by atoms with Crippen molar-refractivity contribution in [3.63, 3.8) is 0 Å². The number of nitrogens with one attached hydrogen (secondary N) is 1. The van der Waals surface area contributed by atoms with E-state index in [0.29, 0.717) is 6.07 Å². The van der Waals surface area contributed by atoms with E-state index in [4.69, 9.17) is 5.73 Å². The molecule has 4 nitrogen and oxygen atoms in total. The molecule has 0 unspecified atom stereocenters. The van der Waals surface area contributed by atoms with Crippen molar-refractivity contribution in [1.82, 2.24) is 0 Å². The van der Waals surface area contributed by atoms with Gasteiger partial charge >= 0.3 is 0 Å². The molecule has 0 radical (unpaired) electrons. The Bertz CT molecular complexity index is 703. The Hall–Kier alpha value is -1.67. The fraction of sp³-hybridized carbons (Fsp3) is 0.0909. The first-order valence-corrected chi connectivity index (χ1v) is 7.43. The Labute approximate surface area is 112 Å². The van der Waals surface area contributed by atoms with Crippen LogP contribution in [0, 0.1) is 18.6 Å². The molecule has 102 valence electrons. The number of aryl methyl sites for hydroxylation is 1. The molecule has 0 saturated heterocycles. The van der Waals surface area contributed by atoms with Crippen LogP contribution >= 0.6 is 11.3 Å². The molecule has 2 rings (SSSR count). The summed E-state index contributed by atoms with van der Waals surface area (Å²) < 4.78 is 52.4. The van der Waals surface area contributed by atoms with Crippen LogP contribution in [0.1, 0.15) is 4.88 Å². The second-order valence-electron chi connectivity index (χ2n) is 3.82. The van der Waals surface area contributed by atoms with E-state index in [9.17, 15) is 17.2 Å². The molecule has 0 saturated carbocycles. The van der Waals surface area contributed by atoms with E-state index in [1.807, 2.05) is 4.72 Å². The van der Waals surface area contributed by atoms with Crippen LogP contribution in [0.2, 0.25) is 0 Å². The number of nitrogen functional groups attached to an aromatic ring is 1. The summed E-state index contributed by atoms with van der Waals surface area (Å²) in [5, 5.41) is 0. The third kappa shape index (κ3) is 2.85. The summed E-state index contributed by atoms with van der Waals surface area (Å²) in [6, 6.07) is 4.44. The lowest BCUT2D eigenvalue weighted by molar-refractivity contribution is 0.584. The van der Waals surface area contributed by atoms with Gasteiger partial charge in [-0.3, -0.25) is 4.72 Å². The van der Waals surface area contributed by atoms with Gasteiger partial charge in [-0.25, -0.2) is 17.2 Å². The fourth-order valence-corrected chi connectivity index (χ4v) is 3.82. The molecule has 1 heterocycles. The number of sulfonamides is 1. The smallest absolute Gasteiger partial charge is 0.271 e. The second kappa shape index (κ2) is 4.78. The van der Waals surface area contributed by atoms with Gasteiger partial charge in [-0.05, 0) is 25.1 Å². The first kappa shape index (κ1) is 13.8. The van der Waals surface area contributed by atoms with Gasteiger partial charge < -0.3 is 5.73 Å². The van der Waals surface area contributed by atoms with Gasteiger partial charge in [0.2, 0.25) is 0 Å². The van der Waals surface area contributed by atoms with Crippen LogP contribution in [0.25, 0.3) is 0 Å². The van der Waals surface area contributed by atoms with E-state index >= 15 is 0 Å². The van der Waals surface area contributed by atoms with Crippen molar-refractivity contribution in [2.24, 2.45) is 0 Å². The number of thiophene rings is 1. The number of halogens is 2. The summed E-state index contributed by atoms with van der Waals surface area (Å²) in [6.07, 6.45) is 0. The maximum atomic E-state index is 13.5. The van der Waals surface area contributed by atoms with Crippen molar-refractivity contribution in [2.75, 3.05) is 10.5 Å². The van der Waals surface area contributed by atoms with Gasteiger partial charge in [0, 0.05) is 10.9 Å². The highest BCUT2D eigenvalue weighted by Crippen LogP contribution is 2.28. The molecule has 0 amide bonds. The highest BCUT2D eigenvalue weighted by molar-refractivity contribution is 7.94. The molecule has 0 aliphatic carbocycles. The minimum atomic E-state index is -3.92. The highest BCUT2D eigenvalue weighted by atomic mass is 32.2. The third-order valence-corrected chi connectivity index (χ3v) is 5.14. The standard InChI is InChI=1S/C11H10F2N2O2S2/c1-6-2-3-10(18-6)19(16,17)15-11-8(13)4-7(12)5-9(11)14/h2-5,15H,14H2,1H3. The average molecular weight is 304 g/mol. The summed E-state index contributed by atoms with van der Waals surface area (Å²) in [6.45, 7) is 1.75. The Kier molecular flexibility index (Phi) is 3.46. The zero-order chi connectivity index (χ0) is 14.2. The van der Waals surface area contributed by atoms with Crippen LogP contribution in [0.5, 0.6) is 0 Å². The average Bonchev–Trinajstić information content (AvgIpc) is 2.71. The maximum absolute atomic E-state index is 13.5. The summed E-state index contributed by atoms with van der Waals surface area (Å²) in [7, 11) is -3.92. The van der Waals surface area contributed by atoms with Crippen molar-refractivity contribution in [3.05, 3.63) is 40.8 Å². The zero-order valence-electron chi connectivity index (χ0n) is 9.78. The molecule has 1 aromatic heterocycles. The molecule has 8 heteroatoms. The number of nitrogens with two attached hydrogens (primary N) is 1. The van der Waals surface area contributed by atoms with Gasteiger partial charge in [0.1, 0.15) is 15.7 Å². The van der Waals surface area contributed by atoms with Crippen LogP contribution < -0.4 is 10.5 Å². The lowest BCUT2D eigenvalue weighted by Gasteiger charge is -2.10. The summed E-state index contributed by atoms with van der Waals surface area (Å²) in [4.78, 5) is 0.799. The van der Waals surface area contributed by atoms with E-state index in [0.717, 1.165) is 22.3 Å². The number of rotatable bonds is 3. The summed E-state index contributed by atoms with van der Waals surface area (Å²) in [5.41, 5.74) is 4.65. The normalized spacial score (nSPS) is 11.5. The summed E-state index contributed by atoms with van der Waals surface area (Å²) in [5.74, 6) is -1.93. The predicted molar refractivity (Wildman–Crippen MR) is 70.6 cm³/mol. The third-order valence-electron chi connectivity index (χ3n) is 2.30.